The van der Waals surface area contributed by atoms with Crippen molar-refractivity contribution in [1.82, 2.24) is 0 Å². The summed E-state index contributed by atoms with van der Waals surface area (Å²) in [4.78, 5) is 11.1. The van der Waals surface area contributed by atoms with Crippen molar-refractivity contribution in [2.75, 3.05) is 6.61 Å². The number of rotatable bonds is 7. The third-order valence-electron chi connectivity index (χ3n) is 1.81. The van der Waals surface area contributed by atoms with E-state index in [1.165, 1.54) is 12.2 Å². The van der Waals surface area contributed by atoms with Crippen LogP contribution in [-0.2, 0) is 9.53 Å². The van der Waals surface area contributed by atoms with Gasteiger partial charge in [0.05, 0.1) is 0 Å². The number of carbonyl (C=O) groups is 1. The van der Waals surface area contributed by atoms with Crippen molar-refractivity contribution in [1.29, 1.82) is 0 Å². The predicted octanol–water partition coefficient (Wildman–Crippen LogP) is 3.23. The van der Waals surface area contributed by atoms with Crippen LogP contribution in [-0.4, -0.2) is 33.7 Å². The van der Waals surface area contributed by atoms with Crippen LogP contribution in [0.5, 0.6) is 0 Å². The van der Waals surface area contributed by atoms with Gasteiger partial charge < -0.3 is 0 Å². The molecule has 0 saturated carbocycles. The molecule has 2 nitrogen and oxygen atoms in total. The Hall–Kier alpha value is -0.321. The number of carbonyl (C=O) groups excluding carboxylic acids is 1. The molecule has 90 valence electrons. The molecule has 0 aliphatic heterocycles. The molecule has 0 aromatic carbocycles. The van der Waals surface area contributed by atoms with Crippen molar-refractivity contribution < 1.29 is 13.9 Å². The number of halogens is 1. The van der Waals surface area contributed by atoms with Crippen LogP contribution < -0.4 is 0 Å². The molecule has 0 N–H and O–H groups in total. The molecule has 0 saturated heterocycles. The van der Waals surface area contributed by atoms with Gasteiger partial charge in [-0.15, -0.1) is 0 Å². The van der Waals surface area contributed by atoms with Gasteiger partial charge >= 0.3 is 107 Å². The molecule has 0 rings (SSSR count). The zero-order chi connectivity index (χ0) is 12.4. The number of esters is 1. The molecule has 0 aromatic rings. The summed E-state index contributed by atoms with van der Waals surface area (Å²) < 4.78 is 19.1. The molecular formula is C12H19FO2Sn. The Bertz CT molecular complexity index is 272. The fraction of sp³-hybridized carbons (Fsp3) is 0.583. The van der Waals surface area contributed by atoms with E-state index in [-0.39, 0.29) is 3.84 Å². The van der Waals surface area contributed by atoms with E-state index < -0.39 is 27.1 Å². The normalized spacial score (nSPS) is 12.8. The van der Waals surface area contributed by atoms with Crippen LogP contribution in [0.25, 0.3) is 0 Å². The Labute approximate surface area is 107 Å². The molecule has 0 unspecified atom stereocenters. The molecule has 0 bridgehead atoms. The summed E-state index contributed by atoms with van der Waals surface area (Å²) in [5.74, 6) is -0.400. The summed E-state index contributed by atoms with van der Waals surface area (Å²) in [6, 6.07) is 0. The van der Waals surface area contributed by atoms with Crippen LogP contribution in [0, 0.1) is 0 Å². The Morgan fingerprint density at radius 3 is 2.62 bits per heavy atom. The van der Waals surface area contributed by atoms with E-state index in [0.29, 0.717) is 12.2 Å². The second kappa shape index (κ2) is 9.87. The van der Waals surface area contributed by atoms with E-state index in [2.05, 4.69) is 6.92 Å². The van der Waals surface area contributed by atoms with Gasteiger partial charge in [-0.1, -0.05) is 0 Å². The topological polar surface area (TPSA) is 26.3 Å². The molecule has 0 fully saturated rings. The molecule has 0 amide bonds. The van der Waals surface area contributed by atoms with E-state index >= 15 is 0 Å². The summed E-state index contributed by atoms with van der Waals surface area (Å²) in [5.41, 5.74) is 0.633. The van der Waals surface area contributed by atoms with Crippen molar-refractivity contribution >= 4 is 27.1 Å². The average molecular weight is 333 g/mol. The summed E-state index contributed by atoms with van der Waals surface area (Å²) in [7, 11) is 0. The maximum atomic E-state index is 13.4. The van der Waals surface area contributed by atoms with Gasteiger partial charge in [-0.3, -0.25) is 0 Å². The van der Waals surface area contributed by atoms with Crippen molar-refractivity contribution in [3.05, 3.63) is 21.6 Å². The third-order valence-corrected chi connectivity index (χ3v) is 4.91. The zero-order valence-electron chi connectivity index (χ0n) is 10.2. The first kappa shape index (κ1) is 15.7. The van der Waals surface area contributed by atoms with Crippen molar-refractivity contribution in [2.24, 2.45) is 0 Å². The van der Waals surface area contributed by atoms with Gasteiger partial charge in [-0.05, 0) is 0 Å². The third kappa shape index (κ3) is 8.94. The molecular weight excluding hydrogens is 314 g/mol. The average Bonchev–Trinajstić information content (AvgIpc) is 2.17. The van der Waals surface area contributed by atoms with Gasteiger partial charge in [-0.2, -0.15) is 0 Å². The number of ether oxygens (including phenoxy) is 1. The van der Waals surface area contributed by atoms with Gasteiger partial charge in [-0.25, -0.2) is 0 Å². The van der Waals surface area contributed by atoms with E-state index in [9.17, 15) is 9.18 Å². The summed E-state index contributed by atoms with van der Waals surface area (Å²) in [5, 5.41) is 0. The van der Waals surface area contributed by atoms with Crippen LogP contribution in [0.1, 0.15) is 33.6 Å². The van der Waals surface area contributed by atoms with Crippen LogP contribution in [0.15, 0.2) is 21.6 Å². The van der Waals surface area contributed by atoms with Crippen molar-refractivity contribution in [3.8, 4) is 0 Å². The predicted molar refractivity (Wildman–Crippen MR) is 65.1 cm³/mol. The molecule has 0 aliphatic rings. The van der Waals surface area contributed by atoms with Gasteiger partial charge in [0.25, 0.3) is 0 Å². The first-order valence-corrected chi connectivity index (χ1v) is 9.00. The SMILES string of the molecule is CCC[CH2][Sn]/[C](F)=C/C(C)=C/C(=O)OCC. The van der Waals surface area contributed by atoms with Gasteiger partial charge in [0, 0.05) is 0 Å². The first-order valence-electron chi connectivity index (χ1n) is 5.56. The molecule has 0 spiro atoms. The molecule has 4 heteroatoms. The monoisotopic (exact) mass is 334 g/mol. The zero-order valence-corrected chi connectivity index (χ0v) is 13.0. The second-order valence-electron chi connectivity index (χ2n) is 3.41. The molecule has 0 atom stereocenters. The number of unbranched alkanes of at least 4 members (excludes halogenated alkanes) is 1. The molecule has 0 aromatic heterocycles. The van der Waals surface area contributed by atoms with Crippen LogP contribution in [0.2, 0.25) is 4.44 Å². The standard InChI is InChI=1S/C8H10FO2.C4H9.Sn/c1-3-11-8(10)6-7(2)4-5-9;1-3-4-2;/h4,6H,3H2,1-2H3;1,3-4H2,2H3;/b5-4?,7-6+;;. The first-order chi connectivity index (χ1) is 7.60. The second-order valence-corrected chi connectivity index (χ2v) is 7.21. The summed E-state index contributed by atoms with van der Waals surface area (Å²) in [6.07, 6.45) is 5.03. The van der Waals surface area contributed by atoms with E-state index in [1.54, 1.807) is 13.8 Å². The Kier molecular flexibility index (Phi) is 9.67. The maximum absolute atomic E-state index is 13.4. The summed E-state index contributed by atoms with van der Waals surface area (Å²) in [6.45, 7) is 5.92. The Balaban J connectivity index is 4.12. The number of hydrogen-bond acceptors (Lipinski definition) is 2. The Morgan fingerprint density at radius 2 is 2.06 bits per heavy atom. The van der Waals surface area contributed by atoms with Gasteiger partial charge in [0.2, 0.25) is 0 Å². The molecule has 0 heterocycles. The molecule has 2 radical (unpaired) electrons. The minimum atomic E-state index is -1.03. The van der Waals surface area contributed by atoms with E-state index in [0.717, 1.165) is 17.3 Å². The number of allylic oxidation sites excluding steroid dienone is 2. The molecule has 0 aliphatic carbocycles. The fourth-order valence-corrected chi connectivity index (χ4v) is 4.18. The number of hydrogen-bond donors (Lipinski definition) is 0. The van der Waals surface area contributed by atoms with Gasteiger partial charge in [0.1, 0.15) is 0 Å². The fourth-order valence-electron chi connectivity index (χ4n) is 1.05. The molecule has 16 heavy (non-hydrogen) atoms. The van der Waals surface area contributed by atoms with E-state index in [4.69, 9.17) is 4.74 Å². The van der Waals surface area contributed by atoms with Gasteiger partial charge in [0.15, 0.2) is 0 Å². The van der Waals surface area contributed by atoms with E-state index in [1.807, 2.05) is 0 Å². The Morgan fingerprint density at radius 1 is 1.38 bits per heavy atom. The summed E-state index contributed by atoms with van der Waals surface area (Å²) >= 11 is -1.03. The van der Waals surface area contributed by atoms with Crippen molar-refractivity contribution in [3.63, 3.8) is 0 Å². The quantitative estimate of drug-likeness (QED) is 0.235. The van der Waals surface area contributed by atoms with Crippen LogP contribution in [0.3, 0.4) is 0 Å². The van der Waals surface area contributed by atoms with Crippen LogP contribution in [0.4, 0.5) is 4.39 Å². The van der Waals surface area contributed by atoms with Crippen LogP contribution >= 0.6 is 0 Å². The minimum absolute atomic E-state index is 0.00454. The van der Waals surface area contributed by atoms with Crippen molar-refractivity contribution in [2.45, 2.75) is 38.0 Å².